The number of fused-ring (bicyclic) bond motifs is 1. The van der Waals surface area contributed by atoms with E-state index in [1.807, 2.05) is 31.5 Å². The molecule has 1 atom stereocenters. The minimum atomic E-state index is 0.157. The highest BCUT2D eigenvalue weighted by Crippen LogP contribution is 2.07. The van der Waals surface area contributed by atoms with Crippen molar-refractivity contribution in [1.29, 1.82) is 0 Å². The van der Waals surface area contributed by atoms with Gasteiger partial charge in [0, 0.05) is 12.4 Å². The van der Waals surface area contributed by atoms with Gasteiger partial charge in [-0.25, -0.2) is 4.98 Å². The van der Waals surface area contributed by atoms with Crippen LogP contribution >= 0.6 is 0 Å². The monoisotopic (exact) mass is 201 g/mol. The first-order valence-corrected chi connectivity index (χ1v) is 5.25. The quantitative estimate of drug-likeness (QED) is 0.676. The van der Waals surface area contributed by atoms with Crippen molar-refractivity contribution >= 4 is 0 Å². The van der Waals surface area contributed by atoms with Crippen LogP contribution in [0.1, 0.15) is 32.3 Å². The van der Waals surface area contributed by atoms with Crippen LogP contribution in [0.2, 0.25) is 0 Å². The van der Waals surface area contributed by atoms with E-state index in [9.17, 15) is 0 Å². The molecule has 1 aliphatic heterocycles. The molecule has 0 radical (unpaired) electrons. The first-order chi connectivity index (χ1) is 7.18. The first-order valence-electron chi connectivity index (χ1n) is 5.25. The smallest absolute Gasteiger partial charge is 0.174 e. The number of rotatable bonds is 1. The Morgan fingerprint density at radius 3 is 2.87 bits per heavy atom. The lowest BCUT2D eigenvalue weighted by Gasteiger charge is -2.04. The Hall–Kier alpha value is -1.51. The average molecular weight is 201 g/mol. The van der Waals surface area contributed by atoms with E-state index in [1.54, 1.807) is 0 Å². The van der Waals surface area contributed by atoms with E-state index in [0.29, 0.717) is 5.92 Å². The highest BCUT2D eigenvalue weighted by molar-refractivity contribution is 5.15. The highest BCUT2D eigenvalue weighted by atomic mass is 14.9. The second kappa shape index (κ2) is 3.93. The first kappa shape index (κ1) is 10.0. The van der Waals surface area contributed by atoms with Gasteiger partial charge in [0.15, 0.2) is 5.49 Å². The average Bonchev–Trinajstić information content (AvgIpc) is 2.37. The van der Waals surface area contributed by atoms with Crippen LogP contribution in [0.3, 0.4) is 0 Å². The molecular formula is C12H15N3. The van der Waals surface area contributed by atoms with Gasteiger partial charge >= 0.3 is 0 Å². The van der Waals surface area contributed by atoms with Gasteiger partial charge in [0.25, 0.3) is 0 Å². The molecule has 1 aliphatic rings. The molecule has 0 aromatic carbocycles. The van der Waals surface area contributed by atoms with Crippen molar-refractivity contribution in [2.45, 2.75) is 32.7 Å². The van der Waals surface area contributed by atoms with Gasteiger partial charge in [-0.3, -0.25) is 9.98 Å². The maximum atomic E-state index is 4.49. The molecule has 0 amide bonds. The summed E-state index contributed by atoms with van der Waals surface area (Å²) >= 11 is 0. The summed E-state index contributed by atoms with van der Waals surface area (Å²) in [4.78, 5) is 13.2. The Kier molecular flexibility index (Phi) is 2.62. The molecule has 0 bridgehead atoms. The molecule has 3 nitrogen and oxygen atoms in total. The molecule has 0 saturated carbocycles. The lowest BCUT2D eigenvalue weighted by molar-refractivity contribution is 0.817. The molecule has 2 heterocycles. The molecule has 1 aromatic rings. The van der Waals surface area contributed by atoms with Crippen LogP contribution in [0, 0.1) is 0 Å². The zero-order chi connectivity index (χ0) is 10.8. The SMILES string of the molecule is CC1C=CN=c2c(C(C)C)ccnc2=N1. The molecule has 15 heavy (non-hydrogen) atoms. The zero-order valence-corrected chi connectivity index (χ0v) is 9.31. The van der Waals surface area contributed by atoms with Gasteiger partial charge in [-0.2, -0.15) is 0 Å². The molecule has 3 heteroatoms. The van der Waals surface area contributed by atoms with Gasteiger partial charge in [0.1, 0.15) is 5.36 Å². The molecule has 2 rings (SSSR count). The van der Waals surface area contributed by atoms with E-state index < -0.39 is 0 Å². The molecule has 0 fully saturated rings. The zero-order valence-electron chi connectivity index (χ0n) is 9.31. The molecule has 0 saturated heterocycles. The van der Waals surface area contributed by atoms with E-state index >= 15 is 0 Å². The molecule has 0 aliphatic carbocycles. The fourth-order valence-electron chi connectivity index (χ4n) is 1.63. The van der Waals surface area contributed by atoms with Gasteiger partial charge < -0.3 is 0 Å². The predicted octanol–water partition coefficient (Wildman–Crippen LogP) is 1.36. The number of pyridine rings is 1. The van der Waals surface area contributed by atoms with Crippen LogP contribution in [0.25, 0.3) is 0 Å². The summed E-state index contributed by atoms with van der Waals surface area (Å²) in [5, 5.41) is 0.924. The number of aromatic nitrogens is 1. The summed E-state index contributed by atoms with van der Waals surface area (Å²) in [6.45, 7) is 6.34. The lowest BCUT2D eigenvalue weighted by Crippen LogP contribution is -2.32. The van der Waals surface area contributed by atoms with Crippen molar-refractivity contribution in [3.05, 3.63) is 40.9 Å². The van der Waals surface area contributed by atoms with Crippen molar-refractivity contribution in [3.63, 3.8) is 0 Å². The summed E-state index contributed by atoms with van der Waals surface area (Å²) < 4.78 is 0. The van der Waals surface area contributed by atoms with E-state index in [1.165, 1.54) is 5.56 Å². The summed E-state index contributed by atoms with van der Waals surface area (Å²) in [5.41, 5.74) is 1.97. The van der Waals surface area contributed by atoms with Crippen LogP contribution in [0.4, 0.5) is 0 Å². The predicted molar refractivity (Wildman–Crippen MR) is 59.2 cm³/mol. The molecule has 78 valence electrons. The van der Waals surface area contributed by atoms with Crippen molar-refractivity contribution in [3.8, 4) is 0 Å². The summed E-state index contributed by atoms with van der Waals surface area (Å²) in [5.74, 6) is 0.447. The van der Waals surface area contributed by atoms with E-state index in [2.05, 4.69) is 28.8 Å². The van der Waals surface area contributed by atoms with Gasteiger partial charge in [-0.1, -0.05) is 13.8 Å². The second-order valence-corrected chi connectivity index (χ2v) is 4.07. The Bertz CT molecular complexity index is 500. The third kappa shape index (κ3) is 1.96. The third-order valence-electron chi connectivity index (χ3n) is 2.45. The molecule has 0 spiro atoms. The Morgan fingerprint density at radius 1 is 1.33 bits per heavy atom. The minimum Gasteiger partial charge on any atom is -0.258 e. The van der Waals surface area contributed by atoms with Gasteiger partial charge in [-0.05, 0) is 30.5 Å². The van der Waals surface area contributed by atoms with Gasteiger partial charge in [0.2, 0.25) is 0 Å². The topological polar surface area (TPSA) is 37.6 Å². The standard InChI is InChI=1S/C12H15N3/c1-8(2)10-5-7-14-12-11(10)13-6-4-9(3)15-12/h4-9H,1-3H3. The number of hydrogen-bond donors (Lipinski definition) is 0. The highest BCUT2D eigenvalue weighted by Gasteiger charge is 2.06. The maximum absolute atomic E-state index is 4.49. The normalized spacial score (nSPS) is 19.1. The Labute approximate surface area is 89.3 Å². The fourth-order valence-corrected chi connectivity index (χ4v) is 1.63. The second-order valence-electron chi connectivity index (χ2n) is 4.07. The number of nitrogens with zero attached hydrogens (tertiary/aromatic N) is 3. The van der Waals surface area contributed by atoms with Crippen molar-refractivity contribution in [1.82, 2.24) is 4.98 Å². The fraction of sp³-hybridized carbons (Fsp3) is 0.417. The molecule has 1 unspecified atom stereocenters. The maximum Gasteiger partial charge on any atom is 0.174 e. The van der Waals surface area contributed by atoms with E-state index in [4.69, 9.17) is 0 Å². The Morgan fingerprint density at radius 2 is 2.13 bits per heavy atom. The van der Waals surface area contributed by atoms with Crippen molar-refractivity contribution in [2.75, 3.05) is 0 Å². The summed E-state index contributed by atoms with van der Waals surface area (Å²) in [7, 11) is 0. The molecular weight excluding hydrogens is 186 g/mol. The van der Waals surface area contributed by atoms with Crippen molar-refractivity contribution < 1.29 is 0 Å². The summed E-state index contributed by atoms with van der Waals surface area (Å²) in [6, 6.07) is 2.18. The minimum absolute atomic E-state index is 0.157. The lowest BCUT2D eigenvalue weighted by atomic mass is 10.0. The number of hydrogen-bond acceptors (Lipinski definition) is 3. The van der Waals surface area contributed by atoms with Gasteiger partial charge in [0.05, 0.1) is 6.04 Å². The molecule has 1 aromatic heterocycles. The van der Waals surface area contributed by atoms with Crippen LogP contribution in [0.15, 0.2) is 34.5 Å². The van der Waals surface area contributed by atoms with Gasteiger partial charge in [-0.15, -0.1) is 0 Å². The van der Waals surface area contributed by atoms with Crippen LogP contribution < -0.4 is 10.8 Å². The Balaban J connectivity index is 2.76. The van der Waals surface area contributed by atoms with E-state index in [0.717, 1.165) is 10.8 Å². The van der Waals surface area contributed by atoms with Crippen LogP contribution in [-0.2, 0) is 0 Å². The third-order valence-corrected chi connectivity index (χ3v) is 2.45. The van der Waals surface area contributed by atoms with Crippen LogP contribution in [-0.4, -0.2) is 11.0 Å². The van der Waals surface area contributed by atoms with Crippen molar-refractivity contribution in [2.24, 2.45) is 9.98 Å². The molecule has 0 N–H and O–H groups in total. The summed E-state index contributed by atoms with van der Waals surface area (Å²) in [6.07, 6.45) is 5.62. The van der Waals surface area contributed by atoms with Crippen LogP contribution in [0.5, 0.6) is 0 Å². The largest absolute Gasteiger partial charge is 0.258 e. The van der Waals surface area contributed by atoms with E-state index in [-0.39, 0.29) is 6.04 Å².